The van der Waals surface area contributed by atoms with E-state index in [1.54, 1.807) is 0 Å². The van der Waals surface area contributed by atoms with Crippen molar-refractivity contribution in [3.63, 3.8) is 0 Å². The van der Waals surface area contributed by atoms with E-state index in [1.165, 1.54) is 5.56 Å². The molecule has 1 heterocycles. The van der Waals surface area contributed by atoms with Crippen molar-refractivity contribution in [1.29, 1.82) is 0 Å². The second-order valence-corrected chi connectivity index (χ2v) is 8.48. The van der Waals surface area contributed by atoms with Gasteiger partial charge in [-0.3, -0.25) is 0 Å². The Morgan fingerprint density at radius 2 is 2.04 bits per heavy atom. The zero-order valence-corrected chi connectivity index (χ0v) is 17.3. The molecule has 0 spiro atoms. The topological polar surface area (TPSA) is 94.1 Å². The number of aliphatic hydroxyl groups excluding tert-OH is 2. The number of carbonyl (C=O) groups excluding carboxylic acids is 1. The second kappa shape index (κ2) is 10.6. The summed E-state index contributed by atoms with van der Waals surface area (Å²) >= 11 is 0. The van der Waals surface area contributed by atoms with Crippen LogP contribution in [0.15, 0.2) is 24.3 Å². The maximum Gasteiger partial charge on any atom is 0.410 e. The molecule has 0 radical (unpaired) electrons. The molecule has 0 aromatic heterocycles. The fraction of sp³-hybridized carbons (Fsp3) is 0.667. The number of aliphatic hydroxyl groups is 2. The molecule has 0 aliphatic carbocycles. The van der Waals surface area contributed by atoms with E-state index < -0.39 is 11.7 Å². The van der Waals surface area contributed by atoms with Gasteiger partial charge in [0.15, 0.2) is 0 Å². The predicted molar refractivity (Wildman–Crippen MR) is 110 cm³/mol. The molecular weight excluding hydrogens is 358 g/mol. The van der Waals surface area contributed by atoms with Crippen molar-refractivity contribution >= 4 is 11.8 Å². The summed E-state index contributed by atoms with van der Waals surface area (Å²) in [7, 11) is 0. The zero-order chi connectivity index (χ0) is 20.6. The largest absolute Gasteiger partial charge is 0.444 e. The van der Waals surface area contributed by atoms with E-state index in [-0.39, 0.29) is 12.7 Å². The van der Waals surface area contributed by atoms with Crippen molar-refractivity contribution in [3.8, 4) is 0 Å². The number of amides is 1. The van der Waals surface area contributed by atoms with Gasteiger partial charge in [0.05, 0.1) is 12.7 Å². The number of anilines is 1. The Morgan fingerprint density at radius 3 is 2.68 bits per heavy atom. The Morgan fingerprint density at radius 1 is 1.32 bits per heavy atom. The average molecular weight is 394 g/mol. The summed E-state index contributed by atoms with van der Waals surface area (Å²) in [6.45, 7) is 8.88. The first-order chi connectivity index (χ1) is 13.3. The van der Waals surface area contributed by atoms with Crippen molar-refractivity contribution in [1.82, 2.24) is 10.2 Å². The van der Waals surface area contributed by atoms with Gasteiger partial charge < -0.3 is 30.5 Å². The highest BCUT2D eigenvalue weighted by Crippen LogP contribution is 2.19. The van der Waals surface area contributed by atoms with Crippen molar-refractivity contribution in [3.05, 3.63) is 29.8 Å². The molecule has 7 nitrogen and oxygen atoms in total. The highest BCUT2D eigenvalue weighted by Gasteiger charge is 2.27. The Kier molecular flexibility index (Phi) is 8.54. The summed E-state index contributed by atoms with van der Waals surface area (Å²) in [5.74, 6) is 0.433. The summed E-state index contributed by atoms with van der Waals surface area (Å²) in [5, 5.41) is 24.8. The molecule has 1 amide bonds. The molecule has 1 saturated heterocycles. The number of likely N-dealkylation sites (tertiary alicyclic amines) is 1. The quantitative estimate of drug-likeness (QED) is 0.541. The maximum absolute atomic E-state index is 12.2. The van der Waals surface area contributed by atoms with Crippen LogP contribution in [0.3, 0.4) is 0 Å². The molecule has 2 atom stereocenters. The van der Waals surface area contributed by atoms with Crippen LogP contribution >= 0.6 is 0 Å². The number of hydrogen-bond donors (Lipinski definition) is 4. The van der Waals surface area contributed by atoms with Crippen molar-refractivity contribution in [2.45, 2.75) is 51.9 Å². The highest BCUT2D eigenvalue weighted by molar-refractivity contribution is 5.68. The van der Waals surface area contributed by atoms with Gasteiger partial charge >= 0.3 is 6.09 Å². The molecular formula is C21H35N3O4. The molecule has 2 rings (SSSR count). The van der Waals surface area contributed by atoms with Gasteiger partial charge in [-0.1, -0.05) is 12.1 Å². The molecule has 1 aromatic carbocycles. The fourth-order valence-corrected chi connectivity index (χ4v) is 3.19. The number of carbonyl (C=O) groups is 1. The smallest absolute Gasteiger partial charge is 0.410 e. The Labute approximate surface area is 168 Å². The van der Waals surface area contributed by atoms with Crippen LogP contribution in [-0.4, -0.2) is 65.7 Å². The third kappa shape index (κ3) is 8.04. The molecule has 2 unspecified atom stereocenters. The zero-order valence-electron chi connectivity index (χ0n) is 17.3. The van der Waals surface area contributed by atoms with E-state index in [0.717, 1.165) is 44.7 Å². The fourth-order valence-electron chi connectivity index (χ4n) is 3.19. The number of rotatable bonds is 8. The predicted octanol–water partition coefficient (Wildman–Crippen LogP) is 2.19. The molecule has 28 heavy (non-hydrogen) atoms. The van der Waals surface area contributed by atoms with E-state index in [9.17, 15) is 9.90 Å². The van der Waals surface area contributed by atoms with Crippen molar-refractivity contribution in [2.75, 3.05) is 38.1 Å². The minimum Gasteiger partial charge on any atom is -0.444 e. The summed E-state index contributed by atoms with van der Waals surface area (Å²) < 4.78 is 5.48. The molecule has 1 aromatic rings. The second-order valence-electron chi connectivity index (χ2n) is 8.48. The van der Waals surface area contributed by atoms with Crippen molar-refractivity contribution < 1.29 is 19.7 Å². The number of hydrogen-bond acceptors (Lipinski definition) is 6. The van der Waals surface area contributed by atoms with E-state index >= 15 is 0 Å². The molecule has 0 saturated carbocycles. The number of piperidine rings is 1. The first-order valence-electron chi connectivity index (χ1n) is 10.1. The molecule has 1 aliphatic heterocycles. The van der Waals surface area contributed by atoms with Gasteiger partial charge in [0.2, 0.25) is 0 Å². The van der Waals surface area contributed by atoms with Gasteiger partial charge in [0.25, 0.3) is 0 Å². The van der Waals surface area contributed by atoms with Crippen molar-refractivity contribution in [2.24, 2.45) is 5.92 Å². The van der Waals surface area contributed by atoms with E-state index in [0.29, 0.717) is 12.5 Å². The van der Waals surface area contributed by atoms with Crippen LogP contribution in [0, 0.1) is 5.92 Å². The summed E-state index contributed by atoms with van der Waals surface area (Å²) in [4.78, 5) is 14.1. The molecule has 0 bridgehead atoms. The van der Waals surface area contributed by atoms with E-state index in [1.807, 2.05) is 49.9 Å². The van der Waals surface area contributed by atoms with E-state index in [2.05, 4.69) is 10.6 Å². The normalized spacial score (nSPS) is 18.6. The molecule has 7 heteroatoms. The van der Waals surface area contributed by atoms with Crippen LogP contribution in [-0.2, 0) is 11.3 Å². The third-order valence-corrected chi connectivity index (χ3v) is 4.64. The minimum absolute atomic E-state index is 0.216. The summed E-state index contributed by atoms with van der Waals surface area (Å²) in [6, 6.07) is 8.00. The number of nitrogens with one attached hydrogen (secondary N) is 2. The summed E-state index contributed by atoms with van der Waals surface area (Å²) in [5.41, 5.74) is 1.63. The Hall–Kier alpha value is -1.83. The molecule has 1 fully saturated rings. The average Bonchev–Trinajstić information content (AvgIpc) is 2.66. The molecule has 158 valence electrons. The highest BCUT2D eigenvalue weighted by atomic mass is 16.6. The third-order valence-electron chi connectivity index (χ3n) is 4.64. The Bertz CT molecular complexity index is 601. The van der Waals surface area contributed by atoms with Crippen LogP contribution in [0.2, 0.25) is 0 Å². The molecule has 1 aliphatic rings. The van der Waals surface area contributed by atoms with E-state index in [4.69, 9.17) is 9.84 Å². The lowest BCUT2D eigenvalue weighted by Crippen LogP contribution is -2.44. The lowest BCUT2D eigenvalue weighted by Gasteiger charge is -2.34. The number of nitrogens with zero attached hydrogens (tertiary/aromatic N) is 1. The Balaban J connectivity index is 1.71. The van der Waals surface area contributed by atoms with Gasteiger partial charge in [0, 0.05) is 31.9 Å². The number of benzene rings is 1. The lowest BCUT2D eigenvalue weighted by molar-refractivity contribution is 0.0166. The maximum atomic E-state index is 12.2. The first kappa shape index (κ1) is 22.5. The monoisotopic (exact) mass is 393 g/mol. The van der Waals surface area contributed by atoms with Gasteiger partial charge in [-0.05, 0) is 63.8 Å². The van der Waals surface area contributed by atoms with Gasteiger partial charge in [0.1, 0.15) is 5.60 Å². The van der Waals surface area contributed by atoms with Crippen LogP contribution in [0.25, 0.3) is 0 Å². The van der Waals surface area contributed by atoms with Crippen LogP contribution in [0.1, 0.15) is 39.2 Å². The SMILES string of the molecule is CC(C)(C)OC(=O)N1CCCC(CNCc2ccc(NCC(O)CO)cc2)C1. The van der Waals surface area contributed by atoms with Gasteiger partial charge in [-0.15, -0.1) is 0 Å². The molecule has 4 N–H and O–H groups in total. The first-order valence-corrected chi connectivity index (χ1v) is 10.1. The lowest BCUT2D eigenvalue weighted by atomic mass is 9.98. The number of ether oxygens (including phenoxy) is 1. The van der Waals surface area contributed by atoms with Crippen LogP contribution in [0.4, 0.5) is 10.5 Å². The van der Waals surface area contributed by atoms with Crippen LogP contribution < -0.4 is 10.6 Å². The standard InChI is InChI=1S/C21H35N3O4/c1-21(2,3)28-20(27)24-10-4-5-17(14-24)12-22-11-16-6-8-18(9-7-16)23-13-19(26)15-25/h6-9,17,19,22-23,25-26H,4-5,10-15H2,1-3H3. The summed E-state index contributed by atoms with van der Waals surface area (Å²) in [6.07, 6.45) is 1.15. The van der Waals surface area contributed by atoms with Crippen LogP contribution in [0.5, 0.6) is 0 Å². The van der Waals surface area contributed by atoms with Gasteiger partial charge in [-0.25, -0.2) is 4.79 Å². The minimum atomic E-state index is -0.753. The van der Waals surface area contributed by atoms with Gasteiger partial charge in [-0.2, -0.15) is 0 Å².